The lowest BCUT2D eigenvalue weighted by atomic mass is 10.1. The van der Waals surface area contributed by atoms with E-state index in [1.165, 1.54) is 12.8 Å². The molecule has 168 valence electrons. The minimum absolute atomic E-state index is 0.0569. The summed E-state index contributed by atoms with van der Waals surface area (Å²) < 4.78 is 0. The number of carbonyl (C=O) groups excluding carboxylic acids is 1. The molecule has 5 N–H and O–H groups in total. The van der Waals surface area contributed by atoms with Gasteiger partial charge < -0.3 is 25.8 Å². The van der Waals surface area contributed by atoms with Gasteiger partial charge in [0.15, 0.2) is 0 Å². The van der Waals surface area contributed by atoms with Crippen molar-refractivity contribution in [2.45, 2.75) is 37.9 Å². The summed E-state index contributed by atoms with van der Waals surface area (Å²) in [7, 11) is 0. The molecule has 1 amide bonds. The summed E-state index contributed by atoms with van der Waals surface area (Å²) in [4.78, 5) is 24.6. The van der Waals surface area contributed by atoms with E-state index in [1.807, 2.05) is 30.3 Å². The first-order valence-electron chi connectivity index (χ1n) is 11.0. The zero-order valence-electron chi connectivity index (χ0n) is 17.9. The number of aliphatic hydroxyl groups excluding tert-OH is 2. The van der Waals surface area contributed by atoms with Crippen LogP contribution in [0.2, 0.25) is 0 Å². The molecule has 2 unspecified atom stereocenters. The number of hydrogen-bond donors (Lipinski definition) is 5. The van der Waals surface area contributed by atoms with Crippen molar-refractivity contribution in [2.75, 3.05) is 13.2 Å². The van der Waals surface area contributed by atoms with E-state index in [9.17, 15) is 15.0 Å². The maximum absolute atomic E-state index is 12.7. The van der Waals surface area contributed by atoms with Gasteiger partial charge in [-0.15, -0.1) is 0 Å². The van der Waals surface area contributed by atoms with Gasteiger partial charge in [0.25, 0.3) is 5.91 Å². The Bertz CT molecular complexity index is 1020. The third kappa shape index (κ3) is 5.79. The van der Waals surface area contributed by atoms with E-state index in [4.69, 9.17) is 0 Å². The topological polar surface area (TPSA) is 123 Å². The predicted octanol–water partition coefficient (Wildman–Crippen LogP) is 2.19. The van der Waals surface area contributed by atoms with Crippen molar-refractivity contribution in [2.24, 2.45) is 5.92 Å². The Hall–Kier alpha value is -3.07. The van der Waals surface area contributed by atoms with E-state index < -0.39 is 6.04 Å². The van der Waals surface area contributed by atoms with Crippen molar-refractivity contribution in [1.82, 2.24) is 25.6 Å². The molecule has 2 heterocycles. The van der Waals surface area contributed by atoms with Gasteiger partial charge in [0, 0.05) is 24.0 Å². The van der Waals surface area contributed by atoms with E-state index in [0.29, 0.717) is 23.8 Å². The Balaban J connectivity index is 1.39. The molecule has 1 aromatic carbocycles. The number of aromatic amines is 1. The number of aliphatic hydroxyl groups is 2. The van der Waals surface area contributed by atoms with Crippen LogP contribution in [0.4, 0.5) is 0 Å². The van der Waals surface area contributed by atoms with Crippen LogP contribution < -0.4 is 10.6 Å². The molecule has 8 nitrogen and oxygen atoms in total. The smallest absolute Gasteiger partial charge is 0.268 e. The van der Waals surface area contributed by atoms with Crippen molar-refractivity contribution in [3.8, 4) is 11.3 Å². The first-order valence-corrected chi connectivity index (χ1v) is 11.0. The third-order valence-electron chi connectivity index (χ3n) is 5.70. The molecule has 0 radical (unpaired) electrons. The number of benzene rings is 1. The number of H-pyrrole nitrogens is 1. The lowest BCUT2D eigenvalue weighted by Gasteiger charge is -2.16. The maximum atomic E-state index is 12.7. The zero-order valence-corrected chi connectivity index (χ0v) is 17.9. The zero-order chi connectivity index (χ0) is 22.3. The second-order valence-corrected chi connectivity index (χ2v) is 8.22. The summed E-state index contributed by atoms with van der Waals surface area (Å²) in [5.41, 5.74) is 2.70. The van der Waals surface area contributed by atoms with Crippen LogP contribution in [0.1, 0.15) is 47.2 Å². The van der Waals surface area contributed by atoms with Gasteiger partial charge in [0.2, 0.25) is 0 Å². The fourth-order valence-corrected chi connectivity index (χ4v) is 3.69. The Morgan fingerprint density at radius 1 is 1.16 bits per heavy atom. The van der Waals surface area contributed by atoms with E-state index in [-0.39, 0.29) is 25.2 Å². The molecule has 1 fully saturated rings. The maximum Gasteiger partial charge on any atom is 0.268 e. The van der Waals surface area contributed by atoms with E-state index >= 15 is 0 Å². The fraction of sp³-hybridized carbons (Fsp3) is 0.375. The van der Waals surface area contributed by atoms with Crippen LogP contribution in [-0.4, -0.2) is 50.3 Å². The molecule has 2 aromatic heterocycles. The van der Waals surface area contributed by atoms with Crippen molar-refractivity contribution < 1.29 is 15.0 Å². The number of nitrogens with one attached hydrogen (secondary N) is 3. The highest BCUT2D eigenvalue weighted by atomic mass is 16.3. The normalized spacial score (nSPS) is 15.3. The number of nitrogens with zero attached hydrogens (tertiary/aromatic N) is 2. The average molecular weight is 436 g/mol. The highest BCUT2D eigenvalue weighted by molar-refractivity contribution is 5.94. The highest BCUT2D eigenvalue weighted by Gasteiger charge is 2.25. The van der Waals surface area contributed by atoms with E-state index in [1.54, 1.807) is 24.5 Å². The fourth-order valence-electron chi connectivity index (χ4n) is 3.69. The van der Waals surface area contributed by atoms with Crippen LogP contribution in [0.15, 0.2) is 54.9 Å². The minimum Gasteiger partial charge on any atom is -0.395 e. The van der Waals surface area contributed by atoms with Crippen LogP contribution in [0.5, 0.6) is 0 Å². The summed E-state index contributed by atoms with van der Waals surface area (Å²) in [5, 5.41) is 25.4. The van der Waals surface area contributed by atoms with Gasteiger partial charge in [-0.2, -0.15) is 0 Å². The van der Waals surface area contributed by atoms with Gasteiger partial charge in [0.05, 0.1) is 31.5 Å². The Morgan fingerprint density at radius 2 is 1.97 bits per heavy atom. The monoisotopic (exact) mass is 435 g/mol. The Labute approximate surface area is 187 Å². The van der Waals surface area contributed by atoms with Crippen molar-refractivity contribution in [1.29, 1.82) is 0 Å². The van der Waals surface area contributed by atoms with Crippen LogP contribution >= 0.6 is 0 Å². The number of hydrogen-bond acceptors (Lipinski definition) is 6. The van der Waals surface area contributed by atoms with Crippen LogP contribution in [-0.2, 0) is 6.54 Å². The highest BCUT2D eigenvalue weighted by Crippen LogP contribution is 2.33. The summed E-state index contributed by atoms with van der Waals surface area (Å²) in [6, 6.07) is 12.5. The summed E-state index contributed by atoms with van der Waals surface area (Å²) in [6.45, 7) is 0.379. The molecule has 0 saturated heterocycles. The van der Waals surface area contributed by atoms with E-state index in [2.05, 4.69) is 25.6 Å². The molecule has 2 atom stereocenters. The van der Waals surface area contributed by atoms with Gasteiger partial charge in [0.1, 0.15) is 11.5 Å². The third-order valence-corrected chi connectivity index (χ3v) is 5.70. The van der Waals surface area contributed by atoms with Gasteiger partial charge in [-0.1, -0.05) is 43.2 Å². The molecule has 32 heavy (non-hydrogen) atoms. The number of amides is 1. The van der Waals surface area contributed by atoms with Gasteiger partial charge in [-0.3, -0.25) is 4.79 Å². The second-order valence-electron chi connectivity index (χ2n) is 8.22. The molecular formula is C24H29N5O3. The molecule has 3 aromatic rings. The Morgan fingerprint density at radius 3 is 2.69 bits per heavy atom. The van der Waals surface area contributed by atoms with Gasteiger partial charge >= 0.3 is 0 Å². The molecule has 0 aliphatic heterocycles. The van der Waals surface area contributed by atoms with Crippen molar-refractivity contribution >= 4 is 5.91 Å². The second kappa shape index (κ2) is 10.5. The largest absolute Gasteiger partial charge is 0.395 e. The summed E-state index contributed by atoms with van der Waals surface area (Å²) >= 11 is 0. The van der Waals surface area contributed by atoms with Crippen molar-refractivity contribution in [3.05, 3.63) is 71.9 Å². The van der Waals surface area contributed by atoms with Crippen LogP contribution in [0.3, 0.4) is 0 Å². The number of rotatable bonds is 11. The SMILES string of the molecule is O=C(NC(CO)c1ccccc1)c1cc(-c2ccnc(CNC(CO)CC3CC3)n2)c[nH]1. The molecule has 4 rings (SSSR count). The van der Waals surface area contributed by atoms with Crippen molar-refractivity contribution in [3.63, 3.8) is 0 Å². The molecule has 1 saturated carbocycles. The van der Waals surface area contributed by atoms with Gasteiger partial charge in [-0.25, -0.2) is 9.97 Å². The average Bonchev–Trinajstić information content (AvgIpc) is 3.52. The summed E-state index contributed by atoms with van der Waals surface area (Å²) in [6.07, 6.45) is 6.90. The standard InChI is InChI=1S/C24H29N5O3/c30-14-19(10-16-6-7-16)26-13-23-25-9-8-20(28-23)18-11-21(27-12-18)24(32)29-22(15-31)17-4-2-1-3-5-17/h1-5,8-9,11-12,16,19,22,26-27,30-31H,6-7,10,13-15H2,(H,29,32). The summed E-state index contributed by atoms with van der Waals surface area (Å²) in [5.74, 6) is 1.05. The molecule has 1 aliphatic rings. The minimum atomic E-state index is -0.484. The van der Waals surface area contributed by atoms with Crippen LogP contribution in [0.25, 0.3) is 11.3 Å². The lowest BCUT2D eigenvalue weighted by Crippen LogP contribution is -2.33. The first-order chi connectivity index (χ1) is 15.7. The Kier molecular flexibility index (Phi) is 7.26. The molecule has 1 aliphatic carbocycles. The quantitative estimate of drug-likeness (QED) is 0.315. The van der Waals surface area contributed by atoms with Gasteiger partial charge in [-0.05, 0) is 30.0 Å². The molecule has 8 heteroatoms. The van der Waals surface area contributed by atoms with Crippen LogP contribution in [0, 0.1) is 5.92 Å². The predicted molar refractivity (Wildman–Crippen MR) is 121 cm³/mol. The first kappa shape index (κ1) is 22.1. The number of aromatic nitrogens is 3. The number of carbonyl (C=O) groups is 1. The molecular weight excluding hydrogens is 406 g/mol. The molecule has 0 bridgehead atoms. The lowest BCUT2D eigenvalue weighted by molar-refractivity contribution is 0.0911. The van der Waals surface area contributed by atoms with E-state index in [0.717, 1.165) is 23.5 Å². The molecule has 0 spiro atoms.